The highest BCUT2D eigenvalue weighted by Gasteiger charge is 2.16. The van der Waals surface area contributed by atoms with E-state index >= 15 is 0 Å². The zero-order chi connectivity index (χ0) is 16.7. The molecule has 1 amide bonds. The molecule has 23 heavy (non-hydrogen) atoms. The highest BCUT2D eigenvalue weighted by Crippen LogP contribution is 2.17. The van der Waals surface area contributed by atoms with Crippen LogP contribution in [0.2, 0.25) is 0 Å². The van der Waals surface area contributed by atoms with Gasteiger partial charge in [0.25, 0.3) is 5.91 Å². The van der Waals surface area contributed by atoms with Crippen molar-refractivity contribution in [1.29, 1.82) is 0 Å². The molecule has 0 spiro atoms. The molecule has 0 atom stereocenters. The van der Waals surface area contributed by atoms with E-state index < -0.39 is 0 Å². The smallest absolute Gasteiger partial charge is 0.310 e. The second-order valence-electron chi connectivity index (χ2n) is 6.51. The highest BCUT2D eigenvalue weighted by molar-refractivity contribution is 5.81. The topological polar surface area (TPSA) is 55.4 Å². The maximum Gasteiger partial charge on any atom is 0.310 e. The quantitative estimate of drug-likeness (QED) is 0.670. The molecule has 1 N–H and O–H groups in total. The molecule has 1 aliphatic rings. The fraction of sp³-hybridized carbons (Fsp3) is 0.579. The second kappa shape index (κ2) is 8.70. The van der Waals surface area contributed by atoms with Crippen LogP contribution < -0.4 is 5.32 Å². The molecule has 1 aromatic carbocycles. The van der Waals surface area contributed by atoms with Crippen molar-refractivity contribution in [2.24, 2.45) is 0 Å². The normalized spacial score (nSPS) is 15.7. The molecule has 126 valence electrons. The highest BCUT2D eigenvalue weighted by atomic mass is 16.5. The molecule has 0 heterocycles. The van der Waals surface area contributed by atoms with Crippen LogP contribution in [0.25, 0.3) is 0 Å². The Morgan fingerprint density at radius 1 is 1.09 bits per heavy atom. The third kappa shape index (κ3) is 6.05. The van der Waals surface area contributed by atoms with Crippen LogP contribution in [0.3, 0.4) is 0 Å². The minimum absolute atomic E-state index is 0.180. The Bertz CT molecular complexity index is 546. The number of carbonyl (C=O) groups excluding carboxylic acids is 2. The summed E-state index contributed by atoms with van der Waals surface area (Å²) >= 11 is 0. The molecule has 0 saturated heterocycles. The Kier molecular flexibility index (Phi) is 6.63. The third-order valence-electron chi connectivity index (χ3n) is 4.50. The number of ether oxygens (including phenoxy) is 1. The van der Waals surface area contributed by atoms with Crippen molar-refractivity contribution in [2.45, 2.75) is 64.8 Å². The molecule has 1 aromatic rings. The van der Waals surface area contributed by atoms with E-state index in [4.69, 9.17) is 4.74 Å². The first-order chi connectivity index (χ1) is 11.0. The summed E-state index contributed by atoms with van der Waals surface area (Å²) in [7, 11) is 0. The SMILES string of the molecule is Cc1ccc(CC(=O)OCC(=O)NC2CCCCCC2)cc1C. The van der Waals surface area contributed by atoms with E-state index in [9.17, 15) is 9.59 Å². The van der Waals surface area contributed by atoms with E-state index in [-0.39, 0.29) is 30.9 Å². The lowest BCUT2D eigenvalue weighted by molar-refractivity contribution is -0.148. The molecule has 4 nitrogen and oxygen atoms in total. The molecule has 2 rings (SSSR count). The monoisotopic (exact) mass is 317 g/mol. The van der Waals surface area contributed by atoms with Crippen LogP contribution in [-0.4, -0.2) is 24.5 Å². The lowest BCUT2D eigenvalue weighted by atomic mass is 10.0. The van der Waals surface area contributed by atoms with Gasteiger partial charge < -0.3 is 10.1 Å². The predicted molar refractivity (Wildman–Crippen MR) is 90.2 cm³/mol. The minimum Gasteiger partial charge on any atom is -0.455 e. The summed E-state index contributed by atoms with van der Waals surface area (Å²) < 4.78 is 5.10. The zero-order valence-electron chi connectivity index (χ0n) is 14.2. The lowest BCUT2D eigenvalue weighted by Crippen LogP contribution is -2.37. The Balaban J connectivity index is 1.72. The summed E-state index contributed by atoms with van der Waals surface area (Å²) in [5.74, 6) is -0.547. The maximum absolute atomic E-state index is 11.9. The number of esters is 1. The van der Waals surface area contributed by atoms with Crippen molar-refractivity contribution in [2.75, 3.05) is 6.61 Å². The molecule has 0 aliphatic heterocycles. The fourth-order valence-corrected chi connectivity index (χ4v) is 2.97. The lowest BCUT2D eigenvalue weighted by Gasteiger charge is -2.16. The summed E-state index contributed by atoms with van der Waals surface area (Å²) in [5, 5.41) is 2.98. The van der Waals surface area contributed by atoms with Crippen LogP contribution in [0.5, 0.6) is 0 Å². The summed E-state index contributed by atoms with van der Waals surface area (Å²) in [6, 6.07) is 6.15. The predicted octanol–water partition coefficient (Wildman–Crippen LogP) is 3.23. The Hall–Kier alpha value is -1.84. The van der Waals surface area contributed by atoms with Crippen molar-refractivity contribution in [1.82, 2.24) is 5.32 Å². The first-order valence-electron chi connectivity index (χ1n) is 8.55. The second-order valence-corrected chi connectivity index (χ2v) is 6.51. The van der Waals surface area contributed by atoms with Crippen LogP contribution in [0.15, 0.2) is 18.2 Å². The van der Waals surface area contributed by atoms with Crippen molar-refractivity contribution in [3.63, 3.8) is 0 Å². The molecule has 1 fully saturated rings. The van der Waals surface area contributed by atoms with Crippen LogP contribution in [-0.2, 0) is 20.7 Å². The summed E-state index contributed by atoms with van der Waals surface area (Å²) in [6.07, 6.45) is 7.09. The van der Waals surface area contributed by atoms with Gasteiger partial charge in [-0.2, -0.15) is 0 Å². The molecule has 0 aromatic heterocycles. The van der Waals surface area contributed by atoms with Gasteiger partial charge in [-0.25, -0.2) is 0 Å². The first-order valence-corrected chi connectivity index (χ1v) is 8.55. The summed E-state index contributed by atoms with van der Waals surface area (Å²) in [5.41, 5.74) is 3.27. The van der Waals surface area contributed by atoms with Gasteiger partial charge in [0.1, 0.15) is 0 Å². The number of hydrogen-bond acceptors (Lipinski definition) is 3. The van der Waals surface area contributed by atoms with Crippen molar-refractivity contribution in [3.05, 3.63) is 34.9 Å². The first kappa shape index (κ1) is 17.5. The number of carbonyl (C=O) groups is 2. The van der Waals surface area contributed by atoms with E-state index in [2.05, 4.69) is 5.32 Å². The van der Waals surface area contributed by atoms with Gasteiger partial charge in [-0.15, -0.1) is 0 Å². The number of hydrogen-bond donors (Lipinski definition) is 1. The van der Waals surface area contributed by atoms with Crippen molar-refractivity contribution < 1.29 is 14.3 Å². The number of aryl methyl sites for hydroxylation is 2. The fourth-order valence-electron chi connectivity index (χ4n) is 2.97. The van der Waals surface area contributed by atoms with Crippen LogP contribution in [0, 0.1) is 13.8 Å². The maximum atomic E-state index is 11.9. The third-order valence-corrected chi connectivity index (χ3v) is 4.50. The van der Waals surface area contributed by atoms with Crippen LogP contribution in [0.1, 0.15) is 55.2 Å². The average Bonchev–Trinajstić information content (AvgIpc) is 2.78. The van der Waals surface area contributed by atoms with Gasteiger partial charge in [0.15, 0.2) is 6.61 Å². The van der Waals surface area contributed by atoms with Crippen LogP contribution >= 0.6 is 0 Å². The van der Waals surface area contributed by atoms with Gasteiger partial charge in [0, 0.05) is 6.04 Å². The molecular weight excluding hydrogens is 290 g/mol. The molecule has 0 radical (unpaired) electrons. The summed E-state index contributed by atoms with van der Waals surface area (Å²) in [6.45, 7) is 3.87. The van der Waals surface area contributed by atoms with Gasteiger partial charge in [-0.3, -0.25) is 9.59 Å². The summed E-state index contributed by atoms with van der Waals surface area (Å²) in [4.78, 5) is 23.7. The molecule has 0 unspecified atom stereocenters. The van der Waals surface area contributed by atoms with Gasteiger partial charge >= 0.3 is 5.97 Å². The Morgan fingerprint density at radius 2 is 1.78 bits per heavy atom. The minimum atomic E-state index is -0.357. The van der Waals surface area contributed by atoms with Crippen molar-refractivity contribution in [3.8, 4) is 0 Å². The number of nitrogens with one attached hydrogen (secondary N) is 1. The zero-order valence-corrected chi connectivity index (χ0v) is 14.2. The van der Waals surface area contributed by atoms with E-state index in [0.29, 0.717) is 0 Å². The van der Waals surface area contributed by atoms with Crippen molar-refractivity contribution >= 4 is 11.9 Å². The average molecular weight is 317 g/mol. The van der Waals surface area contributed by atoms with Gasteiger partial charge in [0.2, 0.25) is 0 Å². The van der Waals surface area contributed by atoms with Crippen LogP contribution in [0.4, 0.5) is 0 Å². The molecule has 4 heteroatoms. The number of amides is 1. The van der Waals surface area contributed by atoms with E-state index in [1.165, 1.54) is 18.4 Å². The number of benzene rings is 1. The Morgan fingerprint density at radius 3 is 2.43 bits per heavy atom. The van der Waals surface area contributed by atoms with Gasteiger partial charge in [0.05, 0.1) is 6.42 Å². The molecular formula is C19H27NO3. The molecule has 0 bridgehead atoms. The van der Waals surface area contributed by atoms with Gasteiger partial charge in [-0.05, 0) is 43.4 Å². The van der Waals surface area contributed by atoms with E-state index in [1.807, 2.05) is 32.0 Å². The van der Waals surface area contributed by atoms with E-state index in [1.54, 1.807) is 0 Å². The van der Waals surface area contributed by atoms with E-state index in [0.717, 1.165) is 36.8 Å². The Labute approximate surface area is 138 Å². The molecule has 1 saturated carbocycles. The molecule has 1 aliphatic carbocycles. The largest absolute Gasteiger partial charge is 0.455 e. The number of rotatable bonds is 5. The standard InChI is InChI=1S/C19H27NO3/c1-14-9-10-16(11-15(14)2)12-19(22)23-13-18(21)20-17-7-5-3-4-6-8-17/h9-11,17H,3-8,12-13H2,1-2H3,(H,20,21). The van der Waals surface area contributed by atoms with Gasteiger partial charge in [-0.1, -0.05) is 43.9 Å².